The van der Waals surface area contributed by atoms with Gasteiger partial charge in [-0.3, -0.25) is 4.99 Å². The minimum atomic E-state index is -4.31. The van der Waals surface area contributed by atoms with Crippen molar-refractivity contribution in [2.24, 2.45) is 4.99 Å². The van der Waals surface area contributed by atoms with Crippen LogP contribution in [0.5, 0.6) is 0 Å². The third-order valence-corrected chi connectivity index (χ3v) is 4.62. The Balaban J connectivity index is 1.44. The van der Waals surface area contributed by atoms with Crippen molar-refractivity contribution >= 4 is 5.96 Å². The van der Waals surface area contributed by atoms with Gasteiger partial charge in [0, 0.05) is 39.1 Å². The van der Waals surface area contributed by atoms with E-state index >= 15 is 0 Å². The Hall–Kier alpha value is -3.33. The fourth-order valence-electron chi connectivity index (χ4n) is 3.06. The normalized spacial score (nSPS) is 12.1. The first kappa shape index (κ1) is 23.3. The zero-order chi connectivity index (χ0) is 22.8. The smallest absolute Gasteiger partial charge is 0.367 e. The number of rotatable bonds is 9. The first-order chi connectivity index (χ1) is 15.4. The van der Waals surface area contributed by atoms with Crippen molar-refractivity contribution in [1.29, 1.82) is 0 Å². The number of imidazole rings is 1. The summed E-state index contributed by atoms with van der Waals surface area (Å²) in [6.07, 6.45) is 1.17. The van der Waals surface area contributed by atoms with Gasteiger partial charge >= 0.3 is 6.18 Å². The molecule has 0 unspecified atom stereocenters. The molecule has 6 nitrogen and oxygen atoms in total. The average molecular weight is 445 g/mol. The van der Waals surface area contributed by atoms with E-state index in [1.165, 1.54) is 5.56 Å². The summed E-state index contributed by atoms with van der Waals surface area (Å²) < 4.78 is 43.1. The van der Waals surface area contributed by atoms with Crippen molar-refractivity contribution in [1.82, 2.24) is 20.2 Å². The van der Waals surface area contributed by atoms with Crippen LogP contribution in [0, 0.1) is 0 Å². The van der Waals surface area contributed by atoms with Crippen molar-refractivity contribution in [3.63, 3.8) is 0 Å². The molecule has 2 aromatic carbocycles. The molecular weight excluding hydrogens is 419 g/mol. The van der Waals surface area contributed by atoms with Gasteiger partial charge < -0.3 is 19.9 Å². The molecule has 0 atom stereocenters. The van der Waals surface area contributed by atoms with Gasteiger partial charge in [-0.1, -0.05) is 48.5 Å². The van der Waals surface area contributed by atoms with Crippen LogP contribution >= 0.6 is 0 Å². The van der Waals surface area contributed by atoms with Crippen LogP contribution in [-0.2, 0) is 31.0 Å². The van der Waals surface area contributed by atoms with E-state index < -0.39 is 12.8 Å². The highest BCUT2D eigenvalue weighted by atomic mass is 19.4. The molecule has 32 heavy (non-hydrogen) atoms. The summed E-state index contributed by atoms with van der Waals surface area (Å²) in [6, 6.07) is 15.5. The van der Waals surface area contributed by atoms with Crippen molar-refractivity contribution in [2.45, 2.75) is 32.4 Å². The Morgan fingerprint density at radius 1 is 1.00 bits per heavy atom. The number of guanidine groups is 1. The summed E-state index contributed by atoms with van der Waals surface area (Å²) >= 11 is 0. The second kappa shape index (κ2) is 11.3. The van der Waals surface area contributed by atoms with Crippen LogP contribution in [0.3, 0.4) is 0 Å². The van der Waals surface area contributed by atoms with Crippen LogP contribution in [-0.4, -0.2) is 35.3 Å². The standard InChI is InChI=1S/C23H26F3N5O/c1-27-22(29-12-18-5-7-19(8-6-18)15-32-16-23(24,25)26)30-13-20-3-2-4-21(11-20)14-31-10-9-28-17-31/h2-11,17H,12-16H2,1H3,(H2,27,29,30). The maximum absolute atomic E-state index is 12.1. The first-order valence-corrected chi connectivity index (χ1v) is 10.1. The lowest BCUT2D eigenvalue weighted by molar-refractivity contribution is -0.176. The largest absolute Gasteiger partial charge is 0.411 e. The van der Waals surface area contributed by atoms with Crippen LogP contribution in [0.2, 0.25) is 0 Å². The molecule has 0 saturated heterocycles. The number of alkyl halides is 3. The van der Waals surface area contributed by atoms with Gasteiger partial charge in [-0.05, 0) is 22.3 Å². The van der Waals surface area contributed by atoms with E-state index in [9.17, 15) is 13.2 Å². The number of halogens is 3. The van der Waals surface area contributed by atoms with Gasteiger partial charge in [0.15, 0.2) is 5.96 Å². The zero-order valence-electron chi connectivity index (χ0n) is 17.8. The summed E-state index contributed by atoms with van der Waals surface area (Å²) in [5.74, 6) is 0.655. The number of benzene rings is 2. The Labute approximate surface area is 185 Å². The van der Waals surface area contributed by atoms with Gasteiger partial charge in [0.2, 0.25) is 0 Å². The fourth-order valence-corrected chi connectivity index (χ4v) is 3.06. The number of hydrogen-bond acceptors (Lipinski definition) is 3. The van der Waals surface area contributed by atoms with Crippen molar-refractivity contribution in [3.8, 4) is 0 Å². The molecule has 0 amide bonds. The number of aromatic nitrogens is 2. The molecule has 9 heteroatoms. The molecule has 2 N–H and O–H groups in total. The number of aliphatic imine (C=N–C) groups is 1. The third kappa shape index (κ3) is 8.07. The SMILES string of the molecule is CN=C(NCc1ccc(COCC(F)(F)F)cc1)NCc1cccc(Cn2ccnc2)c1. The van der Waals surface area contributed by atoms with Gasteiger partial charge in [-0.15, -0.1) is 0 Å². The predicted octanol–water partition coefficient (Wildman–Crippen LogP) is 3.88. The van der Waals surface area contributed by atoms with Crippen LogP contribution in [0.4, 0.5) is 13.2 Å². The van der Waals surface area contributed by atoms with E-state index in [1.807, 2.05) is 29.0 Å². The molecule has 0 aliphatic carbocycles. The lowest BCUT2D eigenvalue weighted by atomic mass is 10.1. The van der Waals surface area contributed by atoms with Gasteiger partial charge in [-0.25, -0.2) is 4.98 Å². The summed E-state index contributed by atoms with van der Waals surface area (Å²) in [6.45, 7) is 0.593. The monoisotopic (exact) mass is 445 g/mol. The fraction of sp³-hybridized carbons (Fsp3) is 0.304. The second-order valence-electron chi connectivity index (χ2n) is 7.26. The number of nitrogens with one attached hydrogen (secondary N) is 2. The molecular formula is C23H26F3N5O. The van der Waals surface area contributed by atoms with E-state index in [4.69, 9.17) is 0 Å². The second-order valence-corrected chi connectivity index (χ2v) is 7.26. The highest BCUT2D eigenvalue weighted by Gasteiger charge is 2.27. The van der Waals surface area contributed by atoms with Gasteiger partial charge in [0.05, 0.1) is 12.9 Å². The summed E-state index contributed by atoms with van der Waals surface area (Å²) in [4.78, 5) is 8.30. The maximum atomic E-state index is 12.1. The van der Waals surface area contributed by atoms with Crippen molar-refractivity contribution in [2.75, 3.05) is 13.7 Å². The number of hydrogen-bond donors (Lipinski definition) is 2. The predicted molar refractivity (Wildman–Crippen MR) is 117 cm³/mol. The number of ether oxygens (including phenoxy) is 1. The highest BCUT2D eigenvalue weighted by molar-refractivity contribution is 5.79. The maximum Gasteiger partial charge on any atom is 0.411 e. The topological polar surface area (TPSA) is 63.5 Å². The third-order valence-electron chi connectivity index (χ3n) is 4.62. The molecule has 0 spiro atoms. The van der Waals surface area contributed by atoms with E-state index in [-0.39, 0.29) is 6.61 Å². The van der Waals surface area contributed by atoms with Gasteiger partial charge in [0.25, 0.3) is 0 Å². The minimum absolute atomic E-state index is 0.0731. The van der Waals surface area contributed by atoms with E-state index in [1.54, 1.807) is 31.7 Å². The summed E-state index contributed by atoms with van der Waals surface area (Å²) in [7, 11) is 1.70. The number of nitrogens with zero attached hydrogens (tertiary/aromatic N) is 3. The minimum Gasteiger partial charge on any atom is -0.367 e. The van der Waals surface area contributed by atoms with Gasteiger partial charge in [-0.2, -0.15) is 13.2 Å². The van der Waals surface area contributed by atoms with E-state index in [2.05, 4.69) is 43.5 Å². The molecule has 0 radical (unpaired) electrons. The van der Waals surface area contributed by atoms with Crippen molar-refractivity contribution in [3.05, 3.63) is 89.5 Å². The van der Waals surface area contributed by atoms with Crippen LogP contribution < -0.4 is 10.6 Å². The van der Waals surface area contributed by atoms with Crippen LogP contribution in [0.25, 0.3) is 0 Å². The molecule has 1 heterocycles. The van der Waals surface area contributed by atoms with Gasteiger partial charge in [0.1, 0.15) is 6.61 Å². The lowest BCUT2D eigenvalue weighted by Crippen LogP contribution is -2.36. The Morgan fingerprint density at radius 3 is 2.34 bits per heavy atom. The van der Waals surface area contributed by atoms with E-state index in [0.717, 1.165) is 17.7 Å². The lowest BCUT2D eigenvalue weighted by Gasteiger charge is -2.13. The Bertz CT molecular complexity index is 986. The summed E-state index contributed by atoms with van der Waals surface area (Å²) in [5.41, 5.74) is 3.99. The molecule has 3 rings (SSSR count). The average Bonchev–Trinajstić information content (AvgIpc) is 3.27. The molecule has 3 aromatic rings. The highest BCUT2D eigenvalue weighted by Crippen LogP contribution is 2.16. The molecule has 0 saturated carbocycles. The van der Waals surface area contributed by atoms with Crippen molar-refractivity contribution < 1.29 is 17.9 Å². The Morgan fingerprint density at radius 2 is 1.69 bits per heavy atom. The van der Waals surface area contributed by atoms with E-state index in [0.29, 0.717) is 24.6 Å². The van der Waals surface area contributed by atoms with Crippen LogP contribution in [0.15, 0.2) is 72.2 Å². The first-order valence-electron chi connectivity index (χ1n) is 10.1. The quantitative estimate of drug-likeness (QED) is 0.388. The molecule has 0 fully saturated rings. The Kier molecular flexibility index (Phi) is 8.27. The zero-order valence-corrected chi connectivity index (χ0v) is 17.8. The van der Waals surface area contributed by atoms with Crippen LogP contribution in [0.1, 0.15) is 22.3 Å². The molecule has 0 bridgehead atoms. The molecule has 170 valence electrons. The molecule has 1 aromatic heterocycles. The summed E-state index contributed by atoms with van der Waals surface area (Å²) in [5, 5.41) is 6.52. The molecule has 0 aliphatic heterocycles. The molecule has 0 aliphatic rings.